The van der Waals surface area contributed by atoms with E-state index < -0.39 is 0 Å². The maximum atomic E-state index is 5.90. The summed E-state index contributed by atoms with van der Waals surface area (Å²) < 4.78 is 0. The van der Waals surface area contributed by atoms with E-state index in [4.69, 9.17) is 22.9 Å². The number of benzene rings is 2. The predicted octanol–water partition coefficient (Wildman–Crippen LogP) is 1.48. The molecule has 0 atom stereocenters. The van der Waals surface area contributed by atoms with Crippen LogP contribution in [-0.2, 0) is 16.5 Å². The van der Waals surface area contributed by atoms with E-state index in [1.807, 2.05) is 12.1 Å². The summed E-state index contributed by atoms with van der Waals surface area (Å²) in [6.07, 6.45) is 0. The molecule has 4 nitrogen and oxygen atoms in total. The van der Waals surface area contributed by atoms with Gasteiger partial charge < -0.3 is 22.9 Å². The molecule has 2 aromatic carbocycles. The van der Waals surface area contributed by atoms with Gasteiger partial charge in [-0.25, -0.2) is 0 Å². The van der Waals surface area contributed by atoms with Crippen molar-refractivity contribution in [2.75, 3.05) is 22.9 Å². The zero-order chi connectivity index (χ0) is 11.7. The molecule has 0 radical (unpaired) electrons. The Morgan fingerprint density at radius 3 is 2.00 bits per heavy atom. The first kappa shape index (κ1) is 13.2. The van der Waals surface area contributed by atoms with Crippen molar-refractivity contribution < 1.29 is 16.5 Å². The first-order valence-corrected chi connectivity index (χ1v) is 4.80. The Kier molecular flexibility index (Phi) is 3.86. The molecule has 2 aromatic rings. The SMILES string of the molecule is Nc1ccc(-c2c[c-]c(N)c(N)c2N)cc1.[Ni]. The second kappa shape index (κ2) is 4.98. The summed E-state index contributed by atoms with van der Waals surface area (Å²) in [7, 11) is 0. The third kappa shape index (κ3) is 2.45. The zero-order valence-electron chi connectivity index (χ0n) is 9.01. The van der Waals surface area contributed by atoms with Crippen LogP contribution in [0.5, 0.6) is 0 Å². The molecule has 0 aliphatic rings. The topological polar surface area (TPSA) is 104 Å². The Bertz CT molecular complexity index is 523. The molecule has 92 valence electrons. The van der Waals surface area contributed by atoms with Gasteiger partial charge in [-0.15, -0.1) is 5.56 Å². The molecule has 0 unspecified atom stereocenters. The van der Waals surface area contributed by atoms with Crippen molar-refractivity contribution >= 4 is 22.7 Å². The van der Waals surface area contributed by atoms with Crippen LogP contribution >= 0.6 is 0 Å². The van der Waals surface area contributed by atoms with E-state index in [0.29, 0.717) is 22.7 Å². The Balaban J connectivity index is 0.00000144. The minimum atomic E-state index is 0. The summed E-state index contributed by atoms with van der Waals surface area (Å²) in [5, 5.41) is 0. The number of anilines is 4. The van der Waals surface area contributed by atoms with Crippen molar-refractivity contribution in [1.29, 1.82) is 0 Å². The standard InChI is InChI=1S/C12H13N4.Ni/c13-8-3-1-7(2-4-8)9-5-6-10(14)12(16)11(9)15;/h1-5H,13-16H2;/q-1;. The Labute approximate surface area is 110 Å². The van der Waals surface area contributed by atoms with Crippen LogP contribution < -0.4 is 22.9 Å². The fourth-order valence-electron chi connectivity index (χ4n) is 1.50. The van der Waals surface area contributed by atoms with Gasteiger partial charge >= 0.3 is 0 Å². The van der Waals surface area contributed by atoms with E-state index >= 15 is 0 Å². The van der Waals surface area contributed by atoms with E-state index in [1.165, 1.54) is 0 Å². The first-order chi connectivity index (χ1) is 7.59. The van der Waals surface area contributed by atoms with Crippen molar-refractivity contribution in [3.63, 3.8) is 0 Å². The van der Waals surface area contributed by atoms with Gasteiger partial charge in [-0.1, -0.05) is 23.4 Å². The summed E-state index contributed by atoms with van der Waals surface area (Å²) in [5.41, 5.74) is 26.5. The molecule has 0 aliphatic carbocycles. The predicted molar refractivity (Wildman–Crippen MR) is 68.4 cm³/mol. The number of rotatable bonds is 1. The van der Waals surface area contributed by atoms with Gasteiger partial charge in [-0.2, -0.15) is 12.1 Å². The fourth-order valence-corrected chi connectivity index (χ4v) is 1.50. The van der Waals surface area contributed by atoms with Crippen molar-refractivity contribution in [1.82, 2.24) is 0 Å². The van der Waals surface area contributed by atoms with Gasteiger partial charge in [0.05, 0.1) is 0 Å². The van der Waals surface area contributed by atoms with Crippen LogP contribution in [-0.4, -0.2) is 0 Å². The largest absolute Gasteiger partial charge is 0.446 e. The van der Waals surface area contributed by atoms with E-state index in [1.54, 1.807) is 18.2 Å². The molecule has 5 heteroatoms. The quantitative estimate of drug-likeness (QED) is 0.358. The summed E-state index contributed by atoms with van der Waals surface area (Å²) in [6.45, 7) is 0. The number of hydrogen-bond donors (Lipinski definition) is 4. The van der Waals surface area contributed by atoms with Crippen LogP contribution in [0, 0.1) is 6.07 Å². The van der Waals surface area contributed by atoms with Crippen LogP contribution in [0.1, 0.15) is 0 Å². The van der Waals surface area contributed by atoms with Crippen molar-refractivity contribution in [2.45, 2.75) is 0 Å². The smallest absolute Gasteiger partial charge is 0.0313 e. The summed E-state index contributed by atoms with van der Waals surface area (Å²) in [5.74, 6) is 0. The van der Waals surface area contributed by atoms with E-state index in [9.17, 15) is 0 Å². The maximum absolute atomic E-state index is 5.90. The molecule has 0 saturated carbocycles. The molecule has 0 aliphatic heterocycles. The molecule has 0 heterocycles. The van der Waals surface area contributed by atoms with Crippen molar-refractivity contribution in [3.05, 3.63) is 36.4 Å². The molecular weight excluding hydrogens is 259 g/mol. The van der Waals surface area contributed by atoms with Crippen LogP contribution in [0.15, 0.2) is 30.3 Å². The molecule has 8 N–H and O–H groups in total. The van der Waals surface area contributed by atoms with Crippen LogP contribution in [0.2, 0.25) is 0 Å². The van der Waals surface area contributed by atoms with Gasteiger partial charge in [-0.05, 0) is 23.5 Å². The van der Waals surface area contributed by atoms with Crippen LogP contribution in [0.25, 0.3) is 11.1 Å². The first-order valence-electron chi connectivity index (χ1n) is 4.80. The average molecular weight is 272 g/mol. The fraction of sp³-hybridized carbons (Fsp3) is 0. The van der Waals surface area contributed by atoms with Gasteiger partial charge in [0.2, 0.25) is 0 Å². The summed E-state index contributed by atoms with van der Waals surface area (Å²) >= 11 is 0. The number of nitrogen functional groups attached to an aromatic ring is 4. The van der Waals surface area contributed by atoms with E-state index in [2.05, 4.69) is 6.07 Å². The maximum Gasteiger partial charge on any atom is 0.0313 e. The zero-order valence-corrected chi connectivity index (χ0v) is 10.00. The molecule has 0 amide bonds. The van der Waals surface area contributed by atoms with Gasteiger partial charge in [-0.3, -0.25) is 0 Å². The van der Waals surface area contributed by atoms with Gasteiger partial charge in [0.15, 0.2) is 0 Å². The summed E-state index contributed by atoms with van der Waals surface area (Å²) in [6, 6.07) is 12.0. The number of hydrogen-bond acceptors (Lipinski definition) is 4. The van der Waals surface area contributed by atoms with Crippen LogP contribution in [0.4, 0.5) is 22.7 Å². The molecule has 2 rings (SSSR count). The molecular formula is C12H13N4Ni-. The van der Waals surface area contributed by atoms with Crippen molar-refractivity contribution in [3.8, 4) is 11.1 Å². The molecule has 0 spiro atoms. The Hall–Kier alpha value is -1.87. The Morgan fingerprint density at radius 2 is 1.41 bits per heavy atom. The normalized spacial score (nSPS) is 9.65. The van der Waals surface area contributed by atoms with Gasteiger partial charge in [0, 0.05) is 22.2 Å². The number of nitrogens with two attached hydrogens (primary N) is 4. The molecule has 0 fully saturated rings. The van der Waals surface area contributed by atoms with E-state index in [-0.39, 0.29) is 16.5 Å². The van der Waals surface area contributed by atoms with Crippen LogP contribution in [0.3, 0.4) is 0 Å². The minimum Gasteiger partial charge on any atom is -0.446 e. The van der Waals surface area contributed by atoms with Gasteiger partial charge in [0.25, 0.3) is 0 Å². The molecule has 0 saturated heterocycles. The molecule has 0 bridgehead atoms. The third-order valence-corrected chi connectivity index (χ3v) is 2.46. The minimum absolute atomic E-state index is 0. The molecule has 0 aromatic heterocycles. The molecule has 17 heavy (non-hydrogen) atoms. The van der Waals surface area contributed by atoms with E-state index in [0.717, 1.165) is 11.1 Å². The second-order valence-electron chi connectivity index (χ2n) is 3.57. The Morgan fingerprint density at radius 1 is 0.824 bits per heavy atom. The monoisotopic (exact) mass is 271 g/mol. The van der Waals surface area contributed by atoms with Gasteiger partial charge in [0.1, 0.15) is 0 Å². The third-order valence-electron chi connectivity index (χ3n) is 2.46. The average Bonchev–Trinajstić information content (AvgIpc) is 2.28. The van der Waals surface area contributed by atoms with Crippen molar-refractivity contribution in [2.24, 2.45) is 0 Å². The summed E-state index contributed by atoms with van der Waals surface area (Å²) in [4.78, 5) is 0. The second-order valence-corrected chi connectivity index (χ2v) is 3.57.